The number of aromatic nitrogens is 2. The first kappa shape index (κ1) is 16.9. The largest absolute Gasteiger partial charge is 0.467 e. The first-order valence-electron chi connectivity index (χ1n) is 7.12. The highest BCUT2D eigenvalue weighted by Gasteiger charge is 2.12. The maximum atomic E-state index is 12.2. The van der Waals surface area contributed by atoms with E-state index in [0.29, 0.717) is 11.6 Å². The number of carbonyl (C=O) groups excluding carboxylic acids is 1. The second-order valence-corrected chi connectivity index (χ2v) is 6.85. The third-order valence-corrected chi connectivity index (χ3v) is 4.55. The first-order valence-corrected chi connectivity index (χ1v) is 8.71. The topological polar surface area (TPSA) is 64.1 Å². The molecular weight excluding hydrogens is 438 g/mol. The number of hydrogen-bond donors (Lipinski definition) is 1. The van der Waals surface area contributed by atoms with E-state index in [1.165, 1.54) is 6.33 Å². The molecule has 0 saturated heterocycles. The lowest BCUT2D eigenvalue weighted by atomic mass is 10.2. The molecule has 5 nitrogen and oxygen atoms in total. The van der Waals surface area contributed by atoms with Gasteiger partial charge in [0.2, 0.25) is 5.88 Å². The molecule has 0 aliphatic heterocycles. The number of halogens is 2. The summed E-state index contributed by atoms with van der Waals surface area (Å²) in [7, 11) is 0. The van der Waals surface area contributed by atoms with Gasteiger partial charge in [-0.1, -0.05) is 12.1 Å². The van der Waals surface area contributed by atoms with Crippen molar-refractivity contribution < 1.29 is 9.53 Å². The number of anilines is 1. The number of carbonyl (C=O) groups is 1. The average Bonchev–Trinajstić information content (AvgIpc) is 2.56. The minimum atomic E-state index is -0.275. The fourth-order valence-electron chi connectivity index (χ4n) is 2.22. The quantitative estimate of drug-likeness (QED) is 0.636. The van der Waals surface area contributed by atoms with Crippen molar-refractivity contribution in [2.24, 2.45) is 0 Å². The van der Waals surface area contributed by atoms with Crippen molar-refractivity contribution in [3.05, 3.63) is 57.2 Å². The average molecular weight is 451 g/mol. The molecular formula is C17H13Br2N3O2. The monoisotopic (exact) mass is 449 g/mol. The number of ether oxygens (including phenoxy) is 1. The van der Waals surface area contributed by atoms with Crippen LogP contribution in [0.2, 0.25) is 0 Å². The summed E-state index contributed by atoms with van der Waals surface area (Å²) in [6, 6.07) is 11.3. The summed E-state index contributed by atoms with van der Waals surface area (Å²) in [6.45, 7) is 1.83. The zero-order chi connectivity index (χ0) is 17.1. The van der Waals surface area contributed by atoms with Gasteiger partial charge in [0.1, 0.15) is 6.33 Å². The van der Waals surface area contributed by atoms with Crippen molar-refractivity contribution in [2.75, 3.05) is 11.9 Å². The van der Waals surface area contributed by atoms with Gasteiger partial charge in [0.15, 0.2) is 6.61 Å². The molecule has 1 amide bonds. The van der Waals surface area contributed by atoms with Crippen LogP contribution in [0.15, 0.2) is 51.7 Å². The number of rotatable bonds is 4. The standard InChI is InChI=1S/C17H13Br2N3O2/c1-10-6-12(18)16(13(19)7-10)22-15(23)8-24-17-11-4-2-3-5-14(11)20-9-21-17/h2-7,9H,8H2,1H3,(H,22,23). The lowest BCUT2D eigenvalue weighted by Crippen LogP contribution is -2.21. The Morgan fingerprint density at radius 2 is 1.88 bits per heavy atom. The smallest absolute Gasteiger partial charge is 0.262 e. The Morgan fingerprint density at radius 3 is 2.62 bits per heavy atom. The van der Waals surface area contributed by atoms with E-state index in [4.69, 9.17) is 4.74 Å². The summed E-state index contributed by atoms with van der Waals surface area (Å²) in [5.41, 5.74) is 2.52. The molecule has 2 aromatic carbocycles. The molecule has 0 aliphatic carbocycles. The molecule has 0 bridgehead atoms. The van der Waals surface area contributed by atoms with Crippen molar-refractivity contribution in [3.63, 3.8) is 0 Å². The highest BCUT2D eigenvalue weighted by atomic mass is 79.9. The highest BCUT2D eigenvalue weighted by molar-refractivity contribution is 9.11. The Balaban J connectivity index is 1.72. The summed E-state index contributed by atoms with van der Waals surface area (Å²) in [5, 5.41) is 3.59. The van der Waals surface area contributed by atoms with E-state index in [2.05, 4.69) is 47.1 Å². The van der Waals surface area contributed by atoms with E-state index in [1.54, 1.807) is 0 Å². The van der Waals surface area contributed by atoms with E-state index in [-0.39, 0.29) is 12.5 Å². The maximum absolute atomic E-state index is 12.2. The molecule has 3 aromatic rings. The second kappa shape index (κ2) is 7.27. The number of hydrogen-bond acceptors (Lipinski definition) is 4. The van der Waals surface area contributed by atoms with Crippen LogP contribution in [0.1, 0.15) is 5.56 Å². The number of para-hydroxylation sites is 1. The number of nitrogens with zero attached hydrogens (tertiary/aromatic N) is 2. The SMILES string of the molecule is Cc1cc(Br)c(NC(=O)COc2ncnc3ccccc23)c(Br)c1. The summed E-state index contributed by atoms with van der Waals surface area (Å²) in [4.78, 5) is 20.5. The molecule has 24 heavy (non-hydrogen) atoms. The molecule has 0 spiro atoms. The van der Waals surface area contributed by atoms with Crippen LogP contribution < -0.4 is 10.1 Å². The molecule has 0 atom stereocenters. The third kappa shape index (κ3) is 3.73. The summed E-state index contributed by atoms with van der Waals surface area (Å²) in [5.74, 6) is 0.112. The van der Waals surface area contributed by atoms with Gasteiger partial charge in [-0.25, -0.2) is 9.97 Å². The van der Waals surface area contributed by atoms with Crippen LogP contribution in [0.5, 0.6) is 5.88 Å². The zero-order valence-electron chi connectivity index (χ0n) is 12.7. The fourth-order valence-corrected chi connectivity index (χ4v) is 3.84. The van der Waals surface area contributed by atoms with Gasteiger partial charge in [-0.3, -0.25) is 4.79 Å². The molecule has 3 rings (SSSR count). The van der Waals surface area contributed by atoms with E-state index in [0.717, 1.165) is 25.4 Å². The van der Waals surface area contributed by atoms with Crippen LogP contribution in [0.25, 0.3) is 10.9 Å². The zero-order valence-corrected chi connectivity index (χ0v) is 15.9. The Bertz CT molecular complexity index is 887. The number of aryl methyl sites for hydroxylation is 1. The number of benzene rings is 2. The van der Waals surface area contributed by atoms with E-state index in [1.807, 2.05) is 43.3 Å². The summed E-state index contributed by atoms with van der Waals surface area (Å²) >= 11 is 6.90. The molecule has 1 N–H and O–H groups in total. The van der Waals surface area contributed by atoms with Gasteiger partial charge in [-0.15, -0.1) is 0 Å². The molecule has 0 radical (unpaired) electrons. The van der Waals surface area contributed by atoms with Gasteiger partial charge in [0.25, 0.3) is 5.91 Å². The van der Waals surface area contributed by atoms with Crippen molar-refractivity contribution in [2.45, 2.75) is 6.92 Å². The van der Waals surface area contributed by atoms with Gasteiger partial charge in [0.05, 0.1) is 16.6 Å². The predicted molar refractivity (Wildman–Crippen MR) is 100 cm³/mol. The van der Waals surface area contributed by atoms with Crippen molar-refractivity contribution in [1.82, 2.24) is 9.97 Å². The Morgan fingerprint density at radius 1 is 1.17 bits per heavy atom. The molecule has 0 fully saturated rings. The van der Waals surface area contributed by atoms with E-state index in [9.17, 15) is 4.79 Å². The Labute approximate surface area is 155 Å². The van der Waals surface area contributed by atoms with Crippen LogP contribution in [0, 0.1) is 6.92 Å². The first-order chi connectivity index (χ1) is 11.5. The molecule has 1 heterocycles. The van der Waals surface area contributed by atoms with Crippen molar-refractivity contribution in [1.29, 1.82) is 0 Å². The van der Waals surface area contributed by atoms with Gasteiger partial charge < -0.3 is 10.1 Å². The third-order valence-electron chi connectivity index (χ3n) is 3.30. The molecule has 0 aliphatic rings. The van der Waals surface area contributed by atoms with Gasteiger partial charge in [-0.2, -0.15) is 0 Å². The van der Waals surface area contributed by atoms with Crippen molar-refractivity contribution >= 4 is 54.4 Å². The fraction of sp³-hybridized carbons (Fsp3) is 0.118. The minimum Gasteiger partial charge on any atom is -0.467 e. The lowest BCUT2D eigenvalue weighted by Gasteiger charge is -2.12. The lowest BCUT2D eigenvalue weighted by molar-refractivity contribution is -0.118. The molecule has 122 valence electrons. The molecule has 7 heteroatoms. The number of fused-ring (bicyclic) bond motifs is 1. The van der Waals surface area contributed by atoms with Gasteiger partial charge >= 0.3 is 0 Å². The number of amides is 1. The Hall–Kier alpha value is -1.99. The summed E-state index contributed by atoms with van der Waals surface area (Å²) < 4.78 is 7.17. The van der Waals surface area contributed by atoms with Crippen LogP contribution in [0.4, 0.5) is 5.69 Å². The van der Waals surface area contributed by atoms with Crippen LogP contribution in [-0.2, 0) is 4.79 Å². The van der Waals surface area contributed by atoms with Crippen LogP contribution in [-0.4, -0.2) is 22.5 Å². The minimum absolute atomic E-state index is 0.145. The van der Waals surface area contributed by atoms with Gasteiger partial charge in [-0.05, 0) is 68.6 Å². The second-order valence-electron chi connectivity index (χ2n) is 5.14. The Kier molecular flexibility index (Phi) is 5.11. The number of nitrogens with one attached hydrogen (secondary N) is 1. The normalized spacial score (nSPS) is 10.6. The molecule has 0 unspecified atom stereocenters. The predicted octanol–water partition coefficient (Wildman–Crippen LogP) is 4.48. The highest BCUT2D eigenvalue weighted by Crippen LogP contribution is 2.32. The van der Waals surface area contributed by atoms with Gasteiger partial charge in [0, 0.05) is 8.95 Å². The molecule has 0 saturated carbocycles. The van der Waals surface area contributed by atoms with E-state index >= 15 is 0 Å². The van der Waals surface area contributed by atoms with Crippen molar-refractivity contribution in [3.8, 4) is 5.88 Å². The van der Waals surface area contributed by atoms with E-state index < -0.39 is 0 Å². The maximum Gasteiger partial charge on any atom is 0.262 e. The van der Waals surface area contributed by atoms with Crippen LogP contribution in [0.3, 0.4) is 0 Å². The summed E-state index contributed by atoms with van der Waals surface area (Å²) in [6.07, 6.45) is 1.42. The van der Waals surface area contributed by atoms with Crippen LogP contribution >= 0.6 is 31.9 Å². The molecule has 1 aromatic heterocycles.